The molecule has 0 spiro atoms. The maximum Gasteiger partial charge on any atom is 0.338 e. The van der Waals surface area contributed by atoms with Gasteiger partial charge < -0.3 is 9.47 Å². The van der Waals surface area contributed by atoms with Crippen LogP contribution in [0.4, 0.5) is 0 Å². The van der Waals surface area contributed by atoms with E-state index in [9.17, 15) is 9.59 Å². The van der Waals surface area contributed by atoms with Gasteiger partial charge in [-0.15, -0.1) is 0 Å². The molecule has 1 fully saturated rings. The van der Waals surface area contributed by atoms with Crippen LogP contribution in [0.5, 0.6) is 0 Å². The van der Waals surface area contributed by atoms with Gasteiger partial charge in [0.25, 0.3) is 0 Å². The normalized spacial score (nSPS) is 20.0. The summed E-state index contributed by atoms with van der Waals surface area (Å²) in [4.78, 5) is 24.3. The number of rotatable bonds is 4. The number of hydrogen-bond acceptors (Lipinski definition) is 4. The van der Waals surface area contributed by atoms with E-state index in [4.69, 9.17) is 9.47 Å². The molecule has 2 aromatic carbocycles. The van der Waals surface area contributed by atoms with Crippen LogP contribution in [-0.2, 0) is 9.47 Å². The predicted molar refractivity (Wildman–Crippen MR) is 85.1 cm³/mol. The maximum atomic E-state index is 12.1. The first-order valence-electron chi connectivity index (χ1n) is 7.76. The lowest BCUT2D eigenvalue weighted by atomic mass is 10.2. The molecular formula is C19H18O4. The third kappa shape index (κ3) is 3.77. The summed E-state index contributed by atoms with van der Waals surface area (Å²) in [6.45, 7) is 0. The number of hydrogen-bond donors (Lipinski definition) is 0. The van der Waals surface area contributed by atoms with Crippen molar-refractivity contribution < 1.29 is 19.1 Å². The van der Waals surface area contributed by atoms with Crippen molar-refractivity contribution in [3.05, 3.63) is 71.8 Å². The van der Waals surface area contributed by atoms with E-state index in [2.05, 4.69) is 0 Å². The van der Waals surface area contributed by atoms with Gasteiger partial charge in [0.05, 0.1) is 11.1 Å². The fourth-order valence-electron chi connectivity index (χ4n) is 2.72. The number of carbonyl (C=O) groups is 2. The van der Waals surface area contributed by atoms with E-state index in [1.807, 2.05) is 12.1 Å². The van der Waals surface area contributed by atoms with Crippen molar-refractivity contribution in [2.75, 3.05) is 0 Å². The number of esters is 2. The van der Waals surface area contributed by atoms with Gasteiger partial charge in [0, 0.05) is 0 Å². The fraction of sp³-hybridized carbons (Fsp3) is 0.263. The molecule has 1 saturated carbocycles. The van der Waals surface area contributed by atoms with Crippen molar-refractivity contribution in [3.8, 4) is 0 Å². The zero-order valence-corrected chi connectivity index (χ0v) is 12.7. The highest BCUT2D eigenvalue weighted by Gasteiger charge is 2.34. The highest BCUT2D eigenvalue weighted by Crippen LogP contribution is 2.26. The van der Waals surface area contributed by atoms with E-state index < -0.39 is 0 Å². The van der Waals surface area contributed by atoms with E-state index in [-0.39, 0.29) is 24.1 Å². The van der Waals surface area contributed by atoms with Gasteiger partial charge in [0.2, 0.25) is 0 Å². The molecule has 23 heavy (non-hydrogen) atoms. The Morgan fingerprint density at radius 2 is 1.09 bits per heavy atom. The van der Waals surface area contributed by atoms with Gasteiger partial charge >= 0.3 is 11.9 Å². The van der Waals surface area contributed by atoms with E-state index in [0.29, 0.717) is 24.0 Å². The average molecular weight is 310 g/mol. The Balaban J connectivity index is 1.62. The Bertz CT molecular complexity index is 607. The van der Waals surface area contributed by atoms with Crippen molar-refractivity contribution in [2.45, 2.75) is 31.5 Å². The smallest absolute Gasteiger partial charge is 0.338 e. The minimum absolute atomic E-state index is 0.377. The van der Waals surface area contributed by atoms with Gasteiger partial charge in [0.15, 0.2) is 0 Å². The lowest BCUT2D eigenvalue weighted by Gasteiger charge is -2.20. The lowest BCUT2D eigenvalue weighted by molar-refractivity contribution is -0.0239. The molecule has 0 saturated heterocycles. The number of ether oxygens (including phenoxy) is 2. The second-order valence-corrected chi connectivity index (χ2v) is 5.55. The summed E-state index contributed by atoms with van der Waals surface area (Å²) in [5.74, 6) is -0.753. The molecule has 0 unspecified atom stereocenters. The first-order chi connectivity index (χ1) is 11.2. The summed E-state index contributed by atoms with van der Waals surface area (Å²) in [6, 6.07) is 17.7. The highest BCUT2D eigenvalue weighted by atomic mass is 16.6. The third-order valence-electron chi connectivity index (χ3n) is 3.93. The van der Waals surface area contributed by atoms with Crippen LogP contribution >= 0.6 is 0 Å². The summed E-state index contributed by atoms with van der Waals surface area (Å²) >= 11 is 0. The topological polar surface area (TPSA) is 52.6 Å². The number of benzene rings is 2. The second-order valence-electron chi connectivity index (χ2n) is 5.55. The van der Waals surface area contributed by atoms with Crippen molar-refractivity contribution in [1.82, 2.24) is 0 Å². The Morgan fingerprint density at radius 3 is 1.48 bits per heavy atom. The van der Waals surface area contributed by atoms with Crippen molar-refractivity contribution in [1.29, 1.82) is 0 Å². The van der Waals surface area contributed by atoms with E-state index in [0.717, 1.165) is 6.42 Å². The summed E-state index contributed by atoms with van der Waals surface area (Å²) in [7, 11) is 0. The molecule has 2 atom stereocenters. The van der Waals surface area contributed by atoms with E-state index in [1.54, 1.807) is 48.5 Å². The van der Waals surface area contributed by atoms with E-state index in [1.165, 1.54) is 0 Å². The molecule has 3 rings (SSSR count). The van der Waals surface area contributed by atoms with Gasteiger partial charge in [0.1, 0.15) is 12.2 Å². The Morgan fingerprint density at radius 1 is 0.696 bits per heavy atom. The second kappa shape index (κ2) is 7.09. The van der Waals surface area contributed by atoms with Crippen LogP contribution in [0.25, 0.3) is 0 Å². The molecule has 0 amide bonds. The monoisotopic (exact) mass is 310 g/mol. The molecule has 1 aliphatic carbocycles. The fourth-order valence-corrected chi connectivity index (χ4v) is 2.72. The molecule has 4 heteroatoms. The standard InChI is InChI=1S/C19H18O4/c20-18(14-8-3-1-4-9-14)22-16-12-7-13-17(16)23-19(21)15-10-5-2-6-11-15/h1-6,8-11,16-17H,7,12-13H2/t16-,17+. The largest absolute Gasteiger partial charge is 0.455 e. The molecule has 2 aromatic rings. The first-order valence-corrected chi connectivity index (χ1v) is 7.76. The highest BCUT2D eigenvalue weighted by molar-refractivity contribution is 5.90. The third-order valence-corrected chi connectivity index (χ3v) is 3.93. The molecule has 0 bridgehead atoms. The molecule has 0 radical (unpaired) electrons. The summed E-state index contributed by atoms with van der Waals surface area (Å²) in [6.07, 6.45) is 1.54. The van der Waals surface area contributed by atoms with Crippen molar-refractivity contribution in [3.63, 3.8) is 0 Å². The van der Waals surface area contributed by atoms with Crippen LogP contribution in [0.2, 0.25) is 0 Å². The number of carbonyl (C=O) groups excluding carboxylic acids is 2. The van der Waals surface area contributed by atoms with Crippen LogP contribution in [0.15, 0.2) is 60.7 Å². The first kappa shape index (κ1) is 15.3. The zero-order chi connectivity index (χ0) is 16.1. The van der Waals surface area contributed by atoms with Gasteiger partial charge in [-0.1, -0.05) is 36.4 Å². The molecule has 0 heterocycles. The van der Waals surface area contributed by atoms with Gasteiger partial charge in [-0.25, -0.2) is 9.59 Å². The minimum Gasteiger partial charge on any atom is -0.455 e. The van der Waals surface area contributed by atoms with Crippen LogP contribution < -0.4 is 0 Å². The van der Waals surface area contributed by atoms with Gasteiger partial charge in [-0.05, 0) is 43.5 Å². The molecule has 118 valence electrons. The molecular weight excluding hydrogens is 292 g/mol. The quantitative estimate of drug-likeness (QED) is 0.809. The predicted octanol–water partition coefficient (Wildman–Crippen LogP) is 3.62. The lowest BCUT2D eigenvalue weighted by Crippen LogP contribution is -2.30. The molecule has 0 aliphatic heterocycles. The SMILES string of the molecule is O=C(O[C@H]1CCC[C@H]1OC(=O)c1ccccc1)c1ccccc1. The average Bonchev–Trinajstić information content (AvgIpc) is 3.03. The van der Waals surface area contributed by atoms with Crippen molar-refractivity contribution in [2.24, 2.45) is 0 Å². The van der Waals surface area contributed by atoms with Gasteiger partial charge in [-0.3, -0.25) is 0 Å². The van der Waals surface area contributed by atoms with Crippen LogP contribution in [-0.4, -0.2) is 24.1 Å². The summed E-state index contributed by atoms with van der Waals surface area (Å²) < 4.78 is 11.1. The summed E-state index contributed by atoms with van der Waals surface area (Å²) in [5.41, 5.74) is 1.01. The van der Waals surface area contributed by atoms with Gasteiger partial charge in [-0.2, -0.15) is 0 Å². The van der Waals surface area contributed by atoms with Crippen LogP contribution in [0.1, 0.15) is 40.0 Å². The van der Waals surface area contributed by atoms with Crippen LogP contribution in [0, 0.1) is 0 Å². The molecule has 0 aromatic heterocycles. The molecule has 0 N–H and O–H groups in total. The maximum absolute atomic E-state index is 12.1. The zero-order valence-electron chi connectivity index (χ0n) is 12.7. The minimum atomic E-state index is -0.379. The Labute approximate surface area is 135 Å². The van der Waals surface area contributed by atoms with Crippen molar-refractivity contribution >= 4 is 11.9 Å². The van der Waals surface area contributed by atoms with E-state index >= 15 is 0 Å². The molecule has 4 nitrogen and oxygen atoms in total. The summed E-state index contributed by atoms with van der Waals surface area (Å²) in [5, 5.41) is 0. The molecule has 1 aliphatic rings. The Kier molecular flexibility index (Phi) is 4.71. The Hall–Kier alpha value is -2.62. The van der Waals surface area contributed by atoms with Crippen LogP contribution in [0.3, 0.4) is 0 Å².